The molecule has 0 aliphatic carbocycles. The summed E-state index contributed by atoms with van der Waals surface area (Å²) in [6.07, 6.45) is 0. The molecule has 0 bridgehead atoms. The summed E-state index contributed by atoms with van der Waals surface area (Å²) >= 11 is 0. The van der Waals surface area contributed by atoms with Crippen LogP contribution in [0.1, 0.15) is 6.92 Å². The second-order valence-corrected chi connectivity index (χ2v) is 5.63. The molecule has 0 aliphatic rings. The van der Waals surface area contributed by atoms with Gasteiger partial charge in [-0.2, -0.15) is 0 Å². The zero-order valence-corrected chi connectivity index (χ0v) is 16.1. The molecule has 0 saturated carbocycles. The van der Waals surface area contributed by atoms with Crippen molar-refractivity contribution < 1.29 is 52.4 Å². The normalized spacial score (nSPS) is 11.2. The third-order valence-corrected chi connectivity index (χ3v) is 2.36. The van der Waals surface area contributed by atoms with E-state index in [4.69, 9.17) is 16.6 Å². The average molecular weight is 355 g/mol. The molecule has 0 radical (unpaired) electrons. The summed E-state index contributed by atoms with van der Waals surface area (Å²) in [6, 6.07) is 6.63. The first kappa shape index (κ1) is 24.2. The molecule has 0 amide bonds. The predicted octanol–water partition coefficient (Wildman–Crippen LogP) is -2.99. The molecule has 1 rings (SSSR count). The van der Waals surface area contributed by atoms with Crippen LogP contribution < -0.4 is 45.9 Å². The van der Waals surface area contributed by atoms with Gasteiger partial charge in [-0.3, -0.25) is 0 Å². The SMILES string of the molecule is CC(N)(N)C(=O)O.CN(C)c1ccc(/N=N/S(=O)(=O)[O-])cc1.[Na+]. The number of aliphatic carboxylic acids is 1. The van der Waals surface area contributed by atoms with Crippen LogP contribution in [-0.4, -0.2) is 43.8 Å². The van der Waals surface area contributed by atoms with Crippen molar-refractivity contribution in [1.29, 1.82) is 0 Å². The van der Waals surface area contributed by atoms with Gasteiger partial charge < -0.3 is 26.0 Å². The molecule has 12 heteroatoms. The summed E-state index contributed by atoms with van der Waals surface area (Å²) in [4.78, 5) is 11.7. The minimum Gasteiger partial charge on any atom is -0.728 e. The summed E-state index contributed by atoms with van der Waals surface area (Å²) in [5.41, 5.74) is 9.39. The van der Waals surface area contributed by atoms with Gasteiger partial charge >= 0.3 is 35.5 Å². The topological polar surface area (TPSA) is 174 Å². The summed E-state index contributed by atoms with van der Waals surface area (Å²) in [7, 11) is -0.904. The quantitative estimate of drug-likeness (QED) is 0.222. The minimum atomic E-state index is -4.65. The first-order valence-electron chi connectivity index (χ1n) is 5.80. The fourth-order valence-corrected chi connectivity index (χ4v) is 1.11. The second-order valence-electron chi connectivity index (χ2n) is 4.61. The van der Waals surface area contributed by atoms with Gasteiger partial charge in [0.05, 0.1) is 5.69 Å². The number of anilines is 1. The van der Waals surface area contributed by atoms with E-state index in [9.17, 15) is 17.8 Å². The molecule has 0 heterocycles. The zero-order valence-electron chi connectivity index (χ0n) is 13.3. The van der Waals surface area contributed by atoms with Crippen LogP contribution in [0.2, 0.25) is 0 Å². The number of nitrogens with zero attached hydrogens (tertiary/aromatic N) is 3. The fourth-order valence-electron chi connectivity index (χ4n) is 0.915. The number of carboxylic acid groups (broad SMARTS) is 1. The number of carbonyl (C=O) groups is 1. The van der Waals surface area contributed by atoms with Gasteiger partial charge in [0.2, 0.25) is 10.3 Å². The molecule has 0 aliphatic heterocycles. The summed E-state index contributed by atoms with van der Waals surface area (Å²) < 4.78 is 33.1. The van der Waals surface area contributed by atoms with Crippen molar-refractivity contribution >= 4 is 27.6 Å². The Morgan fingerprint density at radius 2 is 1.65 bits per heavy atom. The summed E-state index contributed by atoms with van der Waals surface area (Å²) in [5.74, 6) is -1.20. The van der Waals surface area contributed by atoms with Crippen molar-refractivity contribution in [2.45, 2.75) is 12.6 Å². The monoisotopic (exact) mass is 355 g/mol. The molecule has 23 heavy (non-hydrogen) atoms. The number of hydrogen-bond acceptors (Lipinski definition) is 8. The van der Waals surface area contributed by atoms with Crippen LogP contribution in [0.5, 0.6) is 0 Å². The molecule has 0 aromatic heterocycles. The van der Waals surface area contributed by atoms with Crippen LogP contribution in [-0.2, 0) is 15.1 Å². The van der Waals surface area contributed by atoms with Crippen molar-refractivity contribution in [3.8, 4) is 0 Å². The average Bonchev–Trinajstić information content (AvgIpc) is 2.35. The Morgan fingerprint density at radius 1 is 1.26 bits per heavy atom. The molecular weight excluding hydrogens is 337 g/mol. The second kappa shape index (κ2) is 9.93. The van der Waals surface area contributed by atoms with E-state index in [1.165, 1.54) is 6.92 Å². The van der Waals surface area contributed by atoms with Gasteiger partial charge in [0.1, 0.15) is 0 Å². The van der Waals surface area contributed by atoms with Crippen LogP contribution in [0.15, 0.2) is 33.9 Å². The molecule has 0 fully saturated rings. The van der Waals surface area contributed by atoms with Crippen molar-refractivity contribution in [1.82, 2.24) is 0 Å². The molecule has 1 aromatic carbocycles. The van der Waals surface area contributed by atoms with E-state index in [0.29, 0.717) is 5.69 Å². The van der Waals surface area contributed by atoms with Gasteiger partial charge in [0.15, 0.2) is 5.66 Å². The Balaban J connectivity index is 0. The van der Waals surface area contributed by atoms with Crippen LogP contribution >= 0.6 is 0 Å². The standard InChI is InChI=1S/C8H11N3O3S.C3H8N2O2.Na/c1-11(2)8-5-3-7(4-6-8)9-10-15(12,13)14;1-3(4,5)2(6)7;/h3-6H,1-2H3,(H,12,13,14);4-5H2,1H3,(H,6,7);/q;;+1/p-1/b10-9+;;. The molecular formula is C11H18N5NaO5S. The van der Waals surface area contributed by atoms with Crippen molar-refractivity contribution in [3.05, 3.63) is 24.3 Å². The third kappa shape index (κ3) is 12.1. The van der Waals surface area contributed by atoms with Crippen molar-refractivity contribution in [3.63, 3.8) is 0 Å². The Morgan fingerprint density at radius 3 is 1.91 bits per heavy atom. The Hall–Kier alpha value is -1.08. The molecule has 124 valence electrons. The van der Waals surface area contributed by atoms with Crippen LogP contribution in [0.4, 0.5) is 11.4 Å². The number of benzene rings is 1. The molecule has 0 atom stereocenters. The minimum absolute atomic E-state index is 0. The maximum absolute atomic E-state index is 10.2. The Kier molecular flexibility index (Phi) is 10.4. The molecule has 5 N–H and O–H groups in total. The fraction of sp³-hybridized carbons (Fsp3) is 0.364. The van der Waals surface area contributed by atoms with Gasteiger partial charge in [-0.15, -0.1) is 5.11 Å². The first-order valence-corrected chi connectivity index (χ1v) is 7.17. The van der Waals surface area contributed by atoms with Gasteiger partial charge in [0, 0.05) is 19.8 Å². The smallest absolute Gasteiger partial charge is 0.728 e. The molecule has 0 unspecified atom stereocenters. The predicted molar refractivity (Wildman–Crippen MR) is 79.4 cm³/mol. The number of rotatable bonds is 4. The zero-order chi connectivity index (χ0) is 17.6. The van der Waals surface area contributed by atoms with Gasteiger partial charge in [-0.1, -0.05) is 4.52 Å². The summed E-state index contributed by atoms with van der Waals surface area (Å²) in [6.45, 7) is 1.22. The summed E-state index contributed by atoms with van der Waals surface area (Å²) in [5, 5.41) is 11.3. The largest absolute Gasteiger partial charge is 1.00 e. The number of nitrogens with two attached hydrogens (primary N) is 2. The number of carboxylic acids is 1. The van der Waals surface area contributed by atoms with Gasteiger partial charge in [-0.05, 0) is 31.2 Å². The Labute approximate surface area is 156 Å². The maximum Gasteiger partial charge on any atom is 1.00 e. The molecule has 1 aromatic rings. The molecule has 0 saturated heterocycles. The van der Waals surface area contributed by atoms with Gasteiger partial charge in [-0.25, -0.2) is 13.2 Å². The first-order chi connectivity index (χ1) is 9.83. The number of hydrogen-bond donors (Lipinski definition) is 3. The Bertz CT molecular complexity index is 625. The van der Waals surface area contributed by atoms with Crippen LogP contribution in [0, 0.1) is 0 Å². The van der Waals surface area contributed by atoms with E-state index in [-0.39, 0.29) is 29.6 Å². The van der Waals surface area contributed by atoms with E-state index < -0.39 is 21.9 Å². The van der Waals surface area contributed by atoms with E-state index in [2.05, 4.69) is 9.63 Å². The third-order valence-electron chi connectivity index (χ3n) is 2.08. The van der Waals surface area contributed by atoms with E-state index >= 15 is 0 Å². The van der Waals surface area contributed by atoms with E-state index in [1.54, 1.807) is 24.3 Å². The van der Waals surface area contributed by atoms with Crippen LogP contribution in [0.25, 0.3) is 0 Å². The molecule has 10 nitrogen and oxygen atoms in total. The van der Waals surface area contributed by atoms with E-state index in [0.717, 1.165) is 5.69 Å². The van der Waals surface area contributed by atoms with Gasteiger partial charge in [0.25, 0.3) is 0 Å². The van der Waals surface area contributed by atoms with E-state index in [1.807, 2.05) is 19.0 Å². The maximum atomic E-state index is 10.2. The van der Waals surface area contributed by atoms with Crippen molar-refractivity contribution in [2.75, 3.05) is 19.0 Å². The van der Waals surface area contributed by atoms with Crippen molar-refractivity contribution in [2.24, 2.45) is 21.1 Å². The molecule has 0 spiro atoms. The van der Waals surface area contributed by atoms with Crippen LogP contribution in [0.3, 0.4) is 0 Å².